The first-order valence-electron chi connectivity index (χ1n) is 4.99. The van der Waals surface area contributed by atoms with Crippen molar-refractivity contribution < 1.29 is 9.90 Å². The van der Waals surface area contributed by atoms with E-state index in [1.54, 1.807) is 18.2 Å². The highest BCUT2D eigenvalue weighted by Crippen LogP contribution is 2.23. The maximum absolute atomic E-state index is 10.7. The Morgan fingerprint density at radius 3 is 2.69 bits per heavy atom. The first-order chi connectivity index (χ1) is 7.54. The summed E-state index contributed by atoms with van der Waals surface area (Å²) in [6.45, 7) is 3.85. The van der Waals surface area contributed by atoms with Crippen LogP contribution in [0, 0.1) is 17.2 Å². The molecule has 16 heavy (non-hydrogen) atoms. The van der Waals surface area contributed by atoms with E-state index in [0.717, 1.165) is 11.1 Å². The summed E-state index contributed by atoms with van der Waals surface area (Å²) < 4.78 is 0. The van der Waals surface area contributed by atoms with Gasteiger partial charge in [0.2, 0.25) is 0 Å². The van der Waals surface area contributed by atoms with Crippen LogP contribution in [0.4, 0.5) is 0 Å². The number of hydrogen-bond donors (Lipinski definition) is 1. The highest BCUT2D eigenvalue weighted by Gasteiger charge is 2.09. The van der Waals surface area contributed by atoms with Crippen LogP contribution in [0.5, 0.6) is 0 Å². The van der Waals surface area contributed by atoms with Gasteiger partial charge < -0.3 is 5.11 Å². The molecule has 1 N–H and O–H groups in total. The molecule has 0 bridgehead atoms. The van der Waals surface area contributed by atoms with E-state index < -0.39 is 5.97 Å². The molecule has 0 spiro atoms. The van der Waals surface area contributed by atoms with Gasteiger partial charge in [0.1, 0.15) is 0 Å². The summed E-state index contributed by atoms with van der Waals surface area (Å²) in [6.07, 6.45) is 1.20. The summed E-state index contributed by atoms with van der Waals surface area (Å²) >= 11 is 0. The smallest absolute Gasteiger partial charge is 0.328 e. The van der Waals surface area contributed by atoms with Gasteiger partial charge in [-0.2, -0.15) is 5.26 Å². The van der Waals surface area contributed by atoms with E-state index in [9.17, 15) is 4.79 Å². The van der Waals surface area contributed by atoms with Gasteiger partial charge in [0.05, 0.1) is 11.6 Å². The monoisotopic (exact) mass is 215 g/mol. The van der Waals surface area contributed by atoms with E-state index in [1.807, 2.05) is 26.0 Å². The lowest BCUT2D eigenvalue weighted by atomic mass is 9.94. The molecule has 1 aromatic carbocycles. The Morgan fingerprint density at radius 2 is 2.19 bits per heavy atom. The van der Waals surface area contributed by atoms with Crippen molar-refractivity contribution in [2.24, 2.45) is 5.92 Å². The third kappa shape index (κ3) is 2.96. The topological polar surface area (TPSA) is 61.1 Å². The zero-order valence-corrected chi connectivity index (χ0v) is 9.27. The van der Waals surface area contributed by atoms with Crippen LogP contribution in [0.3, 0.4) is 0 Å². The minimum absolute atomic E-state index is 0.102. The zero-order valence-electron chi connectivity index (χ0n) is 9.27. The van der Waals surface area contributed by atoms with Crippen molar-refractivity contribution in [2.45, 2.75) is 13.8 Å². The lowest BCUT2D eigenvalue weighted by Crippen LogP contribution is -1.99. The van der Waals surface area contributed by atoms with E-state index in [1.165, 1.54) is 6.08 Å². The highest BCUT2D eigenvalue weighted by molar-refractivity contribution is 5.90. The molecule has 82 valence electrons. The maximum Gasteiger partial charge on any atom is 0.328 e. The van der Waals surface area contributed by atoms with Crippen molar-refractivity contribution >= 4 is 11.5 Å². The standard InChI is InChI=1S/C13H13NO2/c1-9(2)12(7-13(15)16)11-5-3-4-10(6-11)8-14/h3-7,9H,1-2H3,(H,15,16)/b12-7+. The van der Waals surface area contributed by atoms with E-state index in [0.29, 0.717) is 5.56 Å². The fraction of sp³-hybridized carbons (Fsp3) is 0.231. The molecule has 0 aliphatic heterocycles. The summed E-state index contributed by atoms with van der Waals surface area (Å²) in [5.74, 6) is -0.865. The third-order valence-electron chi connectivity index (χ3n) is 2.23. The Hall–Kier alpha value is -2.08. The molecule has 0 aliphatic carbocycles. The average Bonchev–Trinajstić information content (AvgIpc) is 2.25. The van der Waals surface area contributed by atoms with Crippen LogP contribution in [-0.2, 0) is 4.79 Å². The molecule has 0 fully saturated rings. The minimum atomic E-state index is -0.967. The first-order valence-corrected chi connectivity index (χ1v) is 4.99. The number of benzene rings is 1. The number of rotatable bonds is 3. The number of nitrogens with zero attached hydrogens (tertiary/aromatic N) is 1. The largest absolute Gasteiger partial charge is 0.478 e. The predicted molar refractivity (Wildman–Crippen MR) is 61.6 cm³/mol. The lowest BCUT2D eigenvalue weighted by Gasteiger charge is -2.10. The lowest BCUT2D eigenvalue weighted by molar-refractivity contribution is -0.131. The molecular formula is C13H13NO2. The van der Waals surface area contributed by atoms with Gasteiger partial charge in [0.25, 0.3) is 0 Å². The Kier molecular flexibility index (Phi) is 3.84. The van der Waals surface area contributed by atoms with Crippen LogP contribution >= 0.6 is 0 Å². The third-order valence-corrected chi connectivity index (χ3v) is 2.23. The molecule has 0 saturated carbocycles. The van der Waals surface area contributed by atoms with Gasteiger partial charge in [-0.25, -0.2) is 4.79 Å². The summed E-state index contributed by atoms with van der Waals surface area (Å²) in [5.41, 5.74) is 2.05. The van der Waals surface area contributed by atoms with E-state index in [4.69, 9.17) is 10.4 Å². The number of carboxylic acid groups (broad SMARTS) is 1. The molecule has 0 aliphatic rings. The Balaban J connectivity index is 3.22. The molecule has 0 unspecified atom stereocenters. The Bertz CT molecular complexity index is 467. The molecular weight excluding hydrogens is 202 g/mol. The molecule has 0 amide bonds. The van der Waals surface area contributed by atoms with Gasteiger partial charge in [0, 0.05) is 6.08 Å². The van der Waals surface area contributed by atoms with Crippen LogP contribution in [0.1, 0.15) is 25.0 Å². The number of aliphatic carboxylic acids is 1. The van der Waals surface area contributed by atoms with E-state index >= 15 is 0 Å². The molecule has 1 aromatic rings. The van der Waals surface area contributed by atoms with Crippen molar-refractivity contribution in [3.05, 3.63) is 41.5 Å². The van der Waals surface area contributed by atoms with Crippen LogP contribution < -0.4 is 0 Å². The van der Waals surface area contributed by atoms with Crippen molar-refractivity contribution in [1.29, 1.82) is 5.26 Å². The van der Waals surface area contributed by atoms with E-state index in [-0.39, 0.29) is 5.92 Å². The molecule has 0 saturated heterocycles. The average molecular weight is 215 g/mol. The van der Waals surface area contributed by atoms with Gasteiger partial charge in [-0.15, -0.1) is 0 Å². The SMILES string of the molecule is CC(C)/C(=C\C(=O)O)c1cccc(C#N)c1. The van der Waals surface area contributed by atoms with Gasteiger partial charge in [-0.3, -0.25) is 0 Å². The number of nitriles is 1. The van der Waals surface area contributed by atoms with Crippen LogP contribution in [0.15, 0.2) is 30.3 Å². The maximum atomic E-state index is 10.7. The Labute approximate surface area is 94.6 Å². The minimum Gasteiger partial charge on any atom is -0.478 e. The normalized spacial score (nSPS) is 11.2. The van der Waals surface area contributed by atoms with Gasteiger partial charge in [0.15, 0.2) is 0 Å². The summed E-state index contributed by atoms with van der Waals surface area (Å²) in [6, 6.07) is 9.01. The second-order valence-corrected chi connectivity index (χ2v) is 3.79. The van der Waals surface area contributed by atoms with E-state index in [2.05, 4.69) is 0 Å². The molecule has 0 radical (unpaired) electrons. The van der Waals surface area contributed by atoms with Crippen molar-refractivity contribution in [3.63, 3.8) is 0 Å². The number of carbonyl (C=O) groups is 1. The second-order valence-electron chi connectivity index (χ2n) is 3.79. The highest BCUT2D eigenvalue weighted by atomic mass is 16.4. The molecule has 3 heteroatoms. The van der Waals surface area contributed by atoms with Crippen molar-refractivity contribution in [2.75, 3.05) is 0 Å². The fourth-order valence-electron chi connectivity index (χ4n) is 1.48. The molecule has 0 aromatic heterocycles. The molecule has 3 nitrogen and oxygen atoms in total. The molecule has 1 rings (SSSR count). The Morgan fingerprint density at radius 1 is 1.50 bits per heavy atom. The van der Waals surface area contributed by atoms with Crippen LogP contribution in [0.2, 0.25) is 0 Å². The van der Waals surface area contributed by atoms with Gasteiger partial charge >= 0.3 is 5.97 Å². The fourth-order valence-corrected chi connectivity index (χ4v) is 1.48. The number of carboxylic acids is 1. The van der Waals surface area contributed by atoms with Gasteiger partial charge in [-0.05, 0) is 29.2 Å². The first kappa shape index (κ1) is 12.0. The quantitative estimate of drug-likeness (QED) is 0.788. The predicted octanol–water partition coefficient (Wildman–Crippen LogP) is 2.68. The zero-order chi connectivity index (χ0) is 12.1. The van der Waals surface area contributed by atoms with Crippen molar-refractivity contribution in [3.8, 4) is 6.07 Å². The summed E-state index contributed by atoms with van der Waals surface area (Å²) in [4.78, 5) is 10.7. The molecule has 0 atom stereocenters. The summed E-state index contributed by atoms with van der Waals surface area (Å²) in [7, 11) is 0. The second kappa shape index (κ2) is 5.13. The summed E-state index contributed by atoms with van der Waals surface area (Å²) in [5, 5.41) is 17.6. The number of hydrogen-bond acceptors (Lipinski definition) is 2. The van der Waals surface area contributed by atoms with Crippen LogP contribution in [-0.4, -0.2) is 11.1 Å². The van der Waals surface area contributed by atoms with Crippen LogP contribution in [0.25, 0.3) is 5.57 Å². The molecule has 0 heterocycles. The van der Waals surface area contributed by atoms with Crippen molar-refractivity contribution in [1.82, 2.24) is 0 Å². The number of allylic oxidation sites excluding steroid dienone is 1. The van der Waals surface area contributed by atoms with Gasteiger partial charge in [-0.1, -0.05) is 26.0 Å².